The second-order valence-corrected chi connectivity index (χ2v) is 7.21. The van der Waals surface area contributed by atoms with Gasteiger partial charge in [0.1, 0.15) is 5.75 Å². The number of hydrogen-bond donors (Lipinski definition) is 0. The minimum absolute atomic E-state index is 0.267. The lowest BCUT2D eigenvalue weighted by Crippen LogP contribution is -2.48. The van der Waals surface area contributed by atoms with Gasteiger partial charge in [-0.05, 0) is 30.4 Å². The van der Waals surface area contributed by atoms with Gasteiger partial charge in [0.25, 0.3) is 0 Å². The molecule has 1 aliphatic rings. The molecular weight excluding hydrogens is 332 g/mol. The maximum atomic E-state index is 12.1. The van der Waals surface area contributed by atoms with Crippen LogP contribution in [0.2, 0.25) is 5.02 Å². The quantitative estimate of drug-likeness (QED) is 0.703. The van der Waals surface area contributed by atoms with E-state index in [9.17, 15) is 4.79 Å². The van der Waals surface area contributed by atoms with Crippen molar-refractivity contribution in [2.75, 3.05) is 44.8 Å². The van der Waals surface area contributed by atoms with E-state index in [0.717, 1.165) is 61.2 Å². The van der Waals surface area contributed by atoms with Gasteiger partial charge in [0.2, 0.25) is 5.91 Å². The molecule has 0 spiro atoms. The predicted molar refractivity (Wildman–Crippen MR) is 97.5 cm³/mol. The van der Waals surface area contributed by atoms with Crippen LogP contribution in [0.15, 0.2) is 18.2 Å². The Morgan fingerprint density at radius 3 is 2.70 bits per heavy atom. The van der Waals surface area contributed by atoms with Gasteiger partial charge in [0.15, 0.2) is 0 Å². The third-order valence-electron chi connectivity index (χ3n) is 3.94. The van der Waals surface area contributed by atoms with E-state index in [1.807, 2.05) is 23.1 Å². The van der Waals surface area contributed by atoms with Crippen LogP contribution >= 0.6 is 23.4 Å². The first-order valence-electron chi connectivity index (χ1n) is 8.04. The summed E-state index contributed by atoms with van der Waals surface area (Å²) in [5.74, 6) is 2.79. The summed E-state index contributed by atoms with van der Waals surface area (Å²) in [7, 11) is 1.68. The topological polar surface area (TPSA) is 32.8 Å². The molecule has 1 heterocycles. The van der Waals surface area contributed by atoms with Crippen LogP contribution in [0.25, 0.3) is 0 Å². The van der Waals surface area contributed by atoms with Crippen LogP contribution in [0.5, 0.6) is 5.75 Å². The second kappa shape index (κ2) is 9.40. The lowest BCUT2D eigenvalue weighted by molar-refractivity contribution is -0.130. The van der Waals surface area contributed by atoms with Crippen molar-refractivity contribution < 1.29 is 9.53 Å². The van der Waals surface area contributed by atoms with E-state index in [0.29, 0.717) is 5.75 Å². The van der Waals surface area contributed by atoms with Gasteiger partial charge < -0.3 is 9.64 Å². The standard InChI is InChI=1S/C17H25ClN2O2S/c1-3-10-23-13-17(21)20-8-6-19(7-9-20)12-14-11-15(18)4-5-16(14)22-2/h4-5,11H,3,6-10,12-13H2,1-2H3. The summed E-state index contributed by atoms with van der Waals surface area (Å²) in [5, 5.41) is 0.725. The second-order valence-electron chi connectivity index (χ2n) is 5.67. The molecule has 2 rings (SSSR count). The van der Waals surface area contributed by atoms with E-state index in [1.165, 1.54) is 0 Å². The molecule has 0 N–H and O–H groups in total. The minimum Gasteiger partial charge on any atom is -0.496 e. The summed E-state index contributed by atoms with van der Waals surface area (Å²) < 4.78 is 5.40. The fourth-order valence-electron chi connectivity index (χ4n) is 2.66. The number of methoxy groups -OCH3 is 1. The number of ether oxygens (including phenoxy) is 1. The molecule has 6 heteroatoms. The summed E-state index contributed by atoms with van der Waals surface area (Å²) >= 11 is 7.82. The Hall–Kier alpha value is -0.910. The van der Waals surface area contributed by atoms with Crippen LogP contribution in [0.1, 0.15) is 18.9 Å². The molecule has 23 heavy (non-hydrogen) atoms. The summed E-state index contributed by atoms with van der Waals surface area (Å²) in [5.41, 5.74) is 1.10. The van der Waals surface area contributed by atoms with Gasteiger partial charge >= 0.3 is 0 Å². The average Bonchev–Trinajstić information content (AvgIpc) is 2.56. The Morgan fingerprint density at radius 2 is 2.04 bits per heavy atom. The molecule has 1 amide bonds. The molecule has 1 aromatic carbocycles. The molecule has 0 bridgehead atoms. The zero-order chi connectivity index (χ0) is 16.7. The number of thioether (sulfide) groups is 1. The van der Waals surface area contributed by atoms with Crippen molar-refractivity contribution in [2.24, 2.45) is 0 Å². The van der Waals surface area contributed by atoms with E-state index < -0.39 is 0 Å². The summed E-state index contributed by atoms with van der Waals surface area (Å²) in [6.07, 6.45) is 1.12. The third kappa shape index (κ3) is 5.59. The van der Waals surface area contributed by atoms with E-state index in [-0.39, 0.29) is 5.91 Å². The minimum atomic E-state index is 0.267. The molecule has 0 aliphatic carbocycles. The predicted octanol–water partition coefficient (Wildman–Crippen LogP) is 3.14. The number of benzene rings is 1. The largest absolute Gasteiger partial charge is 0.496 e. The number of halogens is 1. The lowest BCUT2D eigenvalue weighted by Gasteiger charge is -2.35. The van der Waals surface area contributed by atoms with Crippen molar-refractivity contribution in [3.63, 3.8) is 0 Å². The molecule has 1 fully saturated rings. The maximum Gasteiger partial charge on any atom is 0.232 e. The molecule has 1 aromatic rings. The molecule has 0 atom stereocenters. The molecule has 0 aromatic heterocycles. The number of rotatable bonds is 7. The number of hydrogen-bond acceptors (Lipinski definition) is 4. The van der Waals surface area contributed by atoms with Gasteiger partial charge in [-0.3, -0.25) is 9.69 Å². The third-order valence-corrected chi connectivity index (χ3v) is 5.32. The van der Waals surface area contributed by atoms with E-state index in [1.54, 1.807) is 18.9 Å². The van der Waals surface area contributed by atoms with Crippen molar-refractivity contribution in [1.29, 1.82) is 0 Å². The first-order valence-corrected chi connectivity index (χ1v) is 9.57. The van der Waals surface area contributed by atoms with Crippen LogP contribution in [0.3, 0.4) is 0 Å². The molecular formula is C17H25ClN2O2S. The number of piperazine rings is 1. The smallest absolute Gasteiger partial charge is 0.232 e. The van der Waals surface area contributed by atoms with Gasteiger partial charge in [-0.2, -0.15) is 11.8 Å². The Kier molecular flexibility index (Phi) is 7.53. The Balaban J connectivity index is 1.83. The number of carbonyl (C=O) groups is 1. The van der Waals surface area contributed by atoms with Crippen molar-refractivity contribution in [3.05, 3.63) is 28.8 Å². The zero-order valence-electron chi connectivity index (χ0n) is 13.9. The number of carbonyl (C=O) groups excluding carboxylic acids is 1. The van der Waals surface area contributed by atoms with E-state index >= 15 is 0 Å². The summed E-state index contributed by atoms with van der Waals surface area (Å²) in [6.45, 7) is 6.32. The molecule has 4 nitrogen and oxygen atoms in total. The first-order chi connectivity index (χ1) is 11.1. The summed E-state index contributed by atoms with van der Waals surface area (Å²) in [4.78, 5) is 16.5. The van der Waals surface area contributed by atoms with Gasteiger partial charge in [-0.25, -0.2) is 0 Å². The Labute approximate surface area is 148 Å². The molecule has 1 aliphatic heterocycles. The Morgan fingerprint density at radius 1 is 1.30 bits per heavy atom. The van der Waals surface area contributed by atoms with Crippen molar-refractivity contribution in [3.8, 4) is 5.75 Å². The summed E-state index contributed by atoms with van der Waals surface area (Å²) in [6, 6.07) is 5.70. The monoisotopic (exact) mass is 356 g/mol. The normalized spacial score (nSPS) is 15.7. The van der Waals surface area contributed by atoms with Crippen LogP contribution < -0.4 is 4.74 Å². The lowest BCUT2D eigenvalue weighted by atomic mass is 10.1. The van der Waals surface area contributed by atoms with E-state index in [2.05, 4.69) is 11.8 Å². The maximum absolute atomic E-state index is 12.1. The fourth-order valence-corrected chi connectivity index (χ4v) is 3.65. The van der Waals surface area contributed by atoms with Gasteiger partial charge in [0.05, 0.1) is 12.9 Å². The highest BCUT2D eigenvalue weighted by Crippen LogP contribution is 2.24. The Bertz CT molecular complexity index is 519. The van der Waals surface area contributed by atoms with Crippen molar-refractivity contribution >= 4 is 29.3 Å². The van der Waals surface area contributed by atoms with Crippen molar-refractivity contribution in [2.45, 2.75) is 19.9 Å². The molecule has 0 unspecified atom stereocenters. The first kappa shape index (κ1) is 18.4. The molecule has 1 saturated heterocycles. The van der Waals surface area contributed by atoms with E-state index in [4.69, 9.17) is 16.3 Å². The average molecular weight is 357 g/mol. The highest BCUT2D eigenvalue weighted by atomic mass is 35.5. The SMILES string of the molecule is CCCSCC(=O)N1CCN(Cc2cc(Cl)ccc2OC)CC1. The van der Waals surface area contributed by atoms with Gasteiger partial charge in [-0.1, -0.05) is 18.5 Å². The van der Waals surface area contributed by atoms with Crippen LogP contribution in [-0.2, 0) is 11.3 Å². The van der Waals surface area contributed by atoms with Gasteiger partial charge in [0, 0.05) is 43.3 Å². The van der Waals surface area contributed by atoms with Crippen molar-refractivity contribution in [1.82, 2.24) is 9.80 Å². The van der Waals surface area contributed by atoms with Crippen LogP contribution in [0, 0.1) is 0 Å². The zero-order valence-corrected chi connectivity index (χ0v) is 15.5. The fraction of sp³-hybridized carbons (Fsp3) is 0.588. The molecule has 128 valence electrons. The highest BCUT2D eigenvalue weighted by Gasteiger charge is 2.21. The highest BCUT2D eigenvalue weighted by molar-refractivity contribution is 7.99. The number of nitrogens with zero attached hydrogens (tertiary/aromatic N) is 2. The van der Waals surface area contributed by atoms with Crippen LogP contribution in [-0.4, -0.2) is 60.5 Å². The molecule has 0 radical (unpaired) electrons. The molecule has 0 saturated carbocycles. The van der Waals surface area contributed by atoms with Gasteiger partial charge in [-0.15, -0.1) is 0 Å². The van der Waals surface area contributed by atoms with Crippen LogP contribution in [0.4, 0.5) is 0 Å². The number of amides is 1.